The molecule has 0 radical (unpaired) electrons. The average molecular weight is 316 g/mol. The van der Waals surface area contributed by atoms with Gasteiger partial charge in [0, 0.05) is 5.46 Å². The lowest BCUT2D eigenvalue weighted by Crippen LogP contribution is -2.35. The summed E-state index contributed by atoms with van der Waals surface area (Å²) >= 11 is 0. The molecule has 2 rings (SSSR count). The van der Waals surface area contributed by atoms with Crippen molar-refractivity contribution in [3.8, 4) is 0 Å². The Hall–Kier alpha value is -1.87. The molecule has 116 valence electrons. The van der Waals surface area contributed by atoms with E-state index in [1.807, 2.05) is 0 Å². The minimum Gasteiger partial charge on any atom is -0.423 e. The summed E-state index contributed by atoms with van der Waals surface area (Å²) in [7, 11) is -4.07. The van der Waals surface area contributed by atoms with Crippen LogP contribution in [0, 0.1) is 23.3 Å². The lowest BCUT2D eigenvalue weighted by Gasteiger charge is -2.01. The molecule has 22 heavy (non-hydrogen) atoms. The van der Waals surface area contributed by atoms with E-state index in [-0.39, 0.29) is 0 Å². The Kier molecular flexibility index (Phi) is 6.57. The van der Waals surface area contributed by atoms with Crippen LogP contribution in [0.3, 0.4) is 0 Å². The highest BCUT2D eigenvalue weighted by molar-refractivity contribution is 6.59. The third-order valence-electron chi connectivity index (χ3n) is 2.49. The van der Waals surface area contributed by atoms with Gasteiger partial charge < -0.3 is 20.1 Å². The van der Waals surface area contributed by atoms with Gasteiger partial charge in [0.25, 0.3) is 0 Å². The Morgan fingerprint density at radius 3 is 1.59 bits per heavy atom. The summed E-state index contributed by atoms with van der Waals surface area (Å²) in [5.74, 6) is -3.45. The summed E-state index contributed by atoms with van der Waals surface area (Å²) in [5, 5.41) is 33.9. The highest BCUT2D eigenvalue weighted by Crippen LogP contribution is 1.99. The summed E-state index contributed by atoms with van der Waals surface area (Å²) in [6.07, 6.45) is 0. The largest absolute Gasteiger partial charge is 0.494 e. The smallest absolute Gasteiger partial charge is 0.423 e. The van der Waals surface area contributed by atoms with Crippen molar-refractivity contribution in [3.05, 3.63) is 59.7 Å². The molecule has 4 nitrogen and oxygen atoms in total. The molecule has 10 heteroatoms. The molecular weight excluding hydrogens is 306 g/mol. The number of rotatable bonds is 2. The lowest BCUT2D eigenvalue weighted by atomic mass is 9.79. The molecule has 0 aliphatic carbocycles. The van der Waals surface area contributed by atoms with E-state index in [4.69, 9.17) is 20.1 Å². The Bertz CT molecular complexity index is 620. The molecule has 0 atom stereocenters. The first-order valence-electron chi connectivity index (χ1n) is 5.85. The van der Waals surface area contributed by atoms with Gasteiger partial charge in [-0.1, -0.05) is 6.07 Å². The molecule has 0 saturated carbocycles. The van der Waals surface area contributed by atoms with Crippen molar-refractivity contribution in [2.24, 2.45) is 0 Å². The zero-order chi connectivity index (χ0) is 16.9. The van der Waals surface area contributed by atoms with E-state index in [1.165, 1.54) is 0 Å². The first-order chi connectivity index (χ1) is 10.2. The fourth-order valence-corrected chi connectivity index (χ4v) is 1.47. The molecule has 4 N–H and O–H groups in total. The van der Waals surface area contributed by atoms with Crippen LogP contribution in [0.4, 0.5) is 17.6 Å². The van der Waals surface area contributed by atoms with Gasteiger partial charge in [-0.15, -0.1) is 0 Å². The third kappa shape index (κ3) is 4.85. The molecule has 0 aromatic heterocycles. The van der Waals surface area contributed by atoms with Gasteiger partial charge in [-0.25, -0.2) is 17.6 Å². The minimum absolute atomic E-state index is 0.454. The zero-order valence-electron chi connectivity index (χ0n) is 10.9. The van der Waals surface area contributed by atoms with Gasteiger partial charge in [-0.3, -0.25) is 0 Å². The number of benzene rings is 2. The lowest BCUT2D eigenvalue weighted by molar-refractivity contribution is 0.419. The molecule has 0 heterocycles. The maximum atomic E-state index is 12.5. The Balaban J connectivity index is 0.000000220. The third-order valence-corrected chi connectivity index (χ3v) is 2.49. The van der Waals surface area contributed by atoms with Gasteiger partial charge in [-0.05, 0) is 30.3 Å². The zero-order valence-corrected chi connectivity index (χ0v) is 10.9. The van der Waals surface area contributed by atoms with Crippen molar-refractivity contribution in [3.63, 3.8) is 0 Å². The SMILES string of the molecule is OB(O)c1c(F)cccc1F.OB(O)c1cc(F)ccc1F. The molecule has 0 bridgehead atoms. The van der Waals surface area contributed by atoms with Crippen molar-refractivity contribution in [1.82, 2.24) is 0 Å². The standard InChI is InChI=1S/2C6H5BF2O2/c8-4-1-2-6(9)5(3-4)7(10)11;8-4-2-1-3-5(9)6(4)7(10)11/h2*1-3,10-11H. The van der Waals surface area contributed by atoms with Crippen LogP contribution in [0.5, 0.6) is 0 Å². The predicted molar refractivity (Wildman–Crippen MR) is 72.4 cm³/mol. The first kappa shape index (κ1) is 18.2. The fraction of sp³-hybridized carbons (Fsp3) is 0. The van der Waals surface area contributed by atoms with Crippen LogP contribution in [-0.2, 0) is 0 Å². The van der Waals surface area contributed by atoms with E-state index in [9.17, 15) is 17.6 Å². The van der Waals surface area contributed by atoms with Crippen LogP contribution in [0.2, 0.25) is 0 Å². The van der Waals surface area contributed by atoms with Gasteiger partial charge >= 0.3 is 14.2 Å². The molecule has 0 amide bonds. The highest BCUT2D eigenvalue weighted by Gasteiger charge is 2.20. The van der Waals surface area contributed by atoms with E-state index in [0.717, 1.165) is 36.4 Å². The van der Waals surface area contributed by atoms with Crippen molar-refractivity contribution >= 4 is 25.2 Å². The summed E-state index contributed by atoms with van der Waals surface area (Å²) in [6, 6.07) is 5.54. The van der Waals surface area contributed by atoms with Crippen LogP contribution < -0.4 is 10.9 Å². The van der Waals surface area contributed by atoms with E-state index < -0.39 is 48.4 Å². The van der Waals surface area contributed by atoms with Gasteiger partial charge in [0.05, 0.1) is 5.46 Å². The summed E-state index contributed by atoms with van der Waals surface area (Å²) in [5.41, 5.74) is -1.17. The second-order valence-corrected chi connectivity index (χ2v) is 4.05. The van der Waals surface area contributed by atoms with Crippen LogP contribution in [-0.4, -0.2) is 34.3 Å². The van der Waals surface area contributed by atoms with Crippen molar-refractivity contribution in [2.75, 3.05) is 0 Å². The quantitative estimate of drug-likeness (QED) is 0.436. The molecule has 0 aliphatic rings. The van der Waals surface area contributed by atoms with Crippen LogP contribution in [0.25, 0.3) is 0 Å². The van der Waals surface area contributed by atoms with E-state index in [0.29, 0.717) is 0 Å². The van der Waals surface area contributed by atoms with Gasteiger partial charge in [0.2, 0.25) is 0 Å². The van der Waals surface area contributed by atoms with Crippen molar-refractivity contribution in [2.45, 2.75) is 0 Å². The van der Waals surface area contributed by atoms with Crippen LogP contribution >= 0.6 is 0 Å². The number of halogens is 4. The van der Waals surface area contributed by atoms with Crippen molar-refractivity contribution < 1.29 is 37.7 Å². The molecule has 0 aliphatic heterocycles. The van der Waals surface area contributed by atoms with E-state index in [1.54, 1.807) is 0 Å². The Morgan fingerprint density at radius 1 is 0.682 bits per heavy atom. The van der Waals surface area contributed by atoms with Gasteiger partial charge in [-0.2, -0.15) is 0 Å². The summed E-state index contributed by atoms with van der Waals surface area (Å²) in [4.78, 5) is 0. The summed E-state index contributed by atoms with van der Waals surface area (Å²) in [6.45, 7) is 0. The van der Waals surface area contributed by atoms with Gasteiger partial charge in [0.15, 0.2) is 0 Å². The van der Waals surface area contributed by atoms with E-state index >= 15 is 0 Å². The topological polar surface area (TPSA) is 80.9 Å². The monoisotopic (exact) mass is 316 g/mol. The normalized spacial score (nSPS) is 9.82. The maximum absolute atomic E-state index is 12.5. The maximum Gasteiger partial charge on any atom is 0.494 e. The fourth-order valence-electron chi connectivity index (χ4n) is 1.47. The molecule has 0 spiro atoms. The van der Waals surface area contributed by atoms with Crippen LogP contribution in [0.1, 0.15) is 0 Å². The molecule has 0 saturated heterocycles. The Morgan fingerprint density at radius 2 is 1.23 bits per heavy atom. The van der Waals surface area contributed by atoms with Crippen LogP contribution in [0.15, 0.2) is 36.4 Å². The van der Waals surface area contributed by atoms with Gasteiger partial charge in [0.1, 0.15) is 23.3 Å². The second kappa shape index (κ2) is 7.95. The molecule has 0 unspecified atom stereocenters. The number of hydrogen-bond donors (Lipinski definition) is 4. The predicted octanol–water partition coefficient (Wildman–Crippen LogP) is -0.711. The average Bonchev–Trinajstić information content (AvgIpc) is 2.41. The summed E-state index contributed by atoms with van der Waals surface area (Å²) < 4.78 is 49.9. The molecule has 2 aromatic rings. The van der Waals surface area contributed by atoms with E-state index in [2.05, 4.69) is 0 Å². The second-order valence-electron chi connectivity index (χ2n) is 4.05. The Labute approximate surface area is 123 Å². The molecule has 2 aromatic carbocycles. The molecule has 0 fully saturated rings. The van der Waals surface area contributed by atoms with Crippen molar-refractivity contribution in [1.29, 1.82) is 0 Å². The highest BCUT2D eigenvalue weighted by atomic mass is 19.1. The minimum atomic E-state index is -2.10. The first-order valence-corrected chi connectivity index (χ1v) is 5.85. The molecular formula is C12H10B2F4O4. The number of hydrogen-bond acceptors (Lipinski definition) is 4.